The lowest BCUT2D eigenvalue weighted by atomic mass is 9.93. The first-order chi connectivity index (χ1) is 13.1. The highest BCUT2D eigenvalue weighted by Gasteiger charge is 2.51. The summed E-state index contributed by atoms with van der Waals surface area (Å²) in [5.41, 5.74) is 1.60. The molecule has 1 amide bonds. The number of hydrogen-bond acceptors (Lipinski definition) is 3. The van der Waals surface area contributed by atoms with Gasteiger partial charge in [0, 0.05) is 11.9 Å². The molecule has 3 rings (SSSR count). The van der Waals surface area contributed by atoms with Gasteiger partial charge in [-0.25, -0.2) is 5.01 Å². The van der Waals surface area contributed by atoms with E-state index in [9.17, 15) is 18.0 Å². The molecule has 1 fully saturated rings. The van der Waals surface area contributed by atoms with Crippen LogP contribution in [-0.4, -0.2) is 30.2 Å². The van der Waals surface area contributed by atoms with Crippen LogP contribution in [0.3, 0.4) is 0 Å². The third-order valence-electron chi connectivity index (χ3n) is 5.00. The zero-order valence-corrected chi connectivity index (χ0v) is 16.3. The van der Waals surface area contributed by atoms with Crippen molar-refractivity contribution in [2.45, 2.75) is 45.8 Å². The first kappa shape index (κ1) is 20.5. The number of unbranched alkanes of at least 4 members (excludes halogenated alkanes) is 1. The topological polar surface area (TPSA) is 41.6 Å². The Hall–Kier alpha value is -2.28. The lowest BCUT2D eigenvalue weighted by Gasteiger charge is -2.31. The molecule has 1 heterocycles. The van der Waals surface area contributed by atoms with Gasteiger partial charge in [0.05, 0.1) is 12.0 Å². The van der Waals surface area contributed by atoms with Crippen LogP contribution in [0, 0.1) is 5.41 Å². The van der Waals surface area contributed by atoms with E-state index in [1.165, 1.54) is 6.07 Å². The molecule has 1 aliphatic heterocycles. The Morgan fingerprint density at radius 2 is 1.89 bits per heavy atom. The quantitative estimate of drug-likeness (QED) is 0.702. The van der Waals surface area contributed by atoms with Gasteiger partial charge in [-0.1, -0.05) is 43.7 Å². The first-order valence-corrected chi connectivity index (χ1v) is 9.44. The molecule has 2 aromatic rings. The van der Waals surface area contributed by atoms with Crippen LogP contribution in [0.1, 0.15) is 45.2 Å². The van der Waals surface area contributed by atoms with E-state index < -0.39 is 23.5 Å². The normalized spacial score (nSPS) is 18.3. The Balaban J connectivity index is 2.11. The van der Waals surface area contributed by atoms with Gasteiger partial charge in [-0.3, -0.25) is 10.2 Å². The number of benzene rings is 2. The summed E-state index contributed by atoms with van der Waals surface area (Å²) in [6.45, 7) is 5.70. The van der Waals surface area contributed by atoms with Crippen molar-refractivity contribution in [1.82, 2.24) is 10.4 Å². The van der Waals surface area contributed by atoms with Gasteiger partial charge in [0.15, 0.2) is 6.04 Å². The zero-order chi connectivity index (χ0) is 20.5. The van der Waals surface area contributed by atoms with Crippen molar-refractivity contribution in [3.05, 3.63) is 42.0 Å². The number of rotatable bonds is 6. The number of hydrogen-bond donors (Lipinski definition) is 1. The fraction of sp³-hybridized carbons (Fsp3) is 0.476. The number of amides is 1. The van der Waals surface area contributed by atoms with E-state index in [1.54, 1.807) is 44.2 Å². The summed E-state index contributed by atoms with van der Waals surface area (Å²) in [5, 5.41) is 2.10. The number of nitrogens with zero attached hydrogens (tertiary/aromatic N) is 1. The number of carbonyl (C=O) groups is 1. The Kier molecular flexibility index (Phi) is 5.57. The maximum Gasteiger partial charge on any atom is 0.409 e. The number of ether oxygens (including phenoxy) is 1. The molecule has 0 saturated carbocycles. The molecule has 0 spiro atoms. The summed E-state index contributed by atoms with van der Waals surface area (Å²) < 4.78 is 48.3. The van der Waals surface area contributed by atoms with Crippen LogP contribution in [0.2, 0.25) is 0 Å². The molecule has 4 nitrogen and oxygen atoms in total. The third-order valence-corrected chi connectivity index (χ3v) is 5.00. The van der Waals surface area contributed by atoms with E-state index >= 15 is 0 Å². The average Bonchev–Trinajstić information content (AvgIpc) is 2.86. The second kappa shape index (κ2) is 7.62. The maximum absolute atomic E-state index is 14.2. The highest BCUT2D eigenvalue weighted by atomic mass is 19.4. The molecule has 0 bridgehead atoms. The van der Waals surface area contributed by atoms with Crippen LogP contribution in [0.4, 0.5) is 13.2 Å². The molecule has 1 atom stereocenters. The minimum absolute atomic E-state index is 0.0365. The van der Waals surface area contributed by atoms with Gasteiger partial charge in [0.1, 0.15) is 5.75 Å². The number of fused-ring (bicyclic) bond motifs is 1. The lowest BCUT2D eigenvalue weighted by molar-refractivity contribution is -0.191. The van der Waals surface area contributed by atoms with Crippen LogP contribution in [0.25, 0.3) is 10.8 Å². The first-order valence-electron chi connectivity index (χ1n) is 9.44. The van der Waals surface area contributed by atoms with E-state index in [4.69, 9.17) is 4.74 Å². The molecule has 0 aromatic heterocycles. The molecule has 28 heavy (non-hydrogen) atoms. The number of alkyl halides is 3. The molecule has 1 N–H and O–H groups in total. The molecule has 0 aliphatic carbocycles. The van der Waals surface area contributed by atoms with Crippen molar-refractivity contribution in [2.75, 3.05) is 13.2 Å². The van der Waals surface area contributed by atoms with Crippen LogP contribution < -0.4 is 10.2 Å². The zero-order valence-electron chi connectivity index (χ0n) is 16.3. The largest absolute Gasteiger partial charge is 0.493 e. The van der Waals surface area contributed by atoms with Crippen molar-refractivity contribution in [1.29, 1.82) is 0 Å². The molecule has 152 valence electrons. The molecular formula is C21H25F3N2O2. The standard InChI is InChI=1S/C21H25F3N2O2/c1-4-5-12-28-16-11-7-9-14-8-6-10-15(17(14)16)18(21(22,23)24)26-13-20(2,3)19(27)25-26/h6-11,18H,4-5,12-13H2,1-3H3,(H,25,27)/t18-/m0/s1. The predicted molar refractivity (Wildman–Crippen MR) is 102 cm³/mol. The number of halogens is 3. The van der Waals surface area contributed by atoms with Gasteiger partial charge in [-0.15, -0.1) is 0 Å². The SMILES string of the molecule is CCCCOc1cccc2cccc([C@H](N3CC(C)(C)C(=O)N3)C(F)(F)F)c12. The Morgan fingerprint density at radius 3 is 2.46 bits per heavy atom. The number of carbonyl (C=O) groups excluding carboxylic acids is 1. The van der Waals surface area contributed by atoms with Gasteiger partial charge in [-0.2, -0.15) is 13.2 Å². The second-order valence-electron chi connectivity index (χ2n) is 7.80. The van der Waals surface area contributed by atoms with E-state index in [0.29, 0.717) is 23.1 Å². The highest BCUT2D eigenvalue weighted by Crippen LogP contribution is 2.44. The van der Waals surface area contributed by atoms with Gasteiger partial charge in [0.25, 0.3) is 0 Å². The highest BCUT2D eigenvalue weighted by molar-refractivity contribution is 5.92. The molecule has 0 radical (unpaired) electrons. The molecule has 0 unspecified atom stereocenters. The van der Waals surface area contributed by atoms with E-state index in [0.717, 1.165) is 17.9 Å². The second-order valence-corrected chi connectivity index (χ2v) is 7.80. The summed E-state index contributed by atoms with van der Waals surface area (Å²) in [7, 11) is 0. The Morgan fingerprint density at radius 1 is 1.21 bits per heavy atom. The van der Waals surface area contributed by atoms with Crippen molar-refractivity contribution in [3.63, 3.8) is 0 Å². The Labute approximate surface area is 162 Å². The summed E-state index contributed by atoms with van der Waals surface area (Å²) in [6.07, 6.45) is -2.83. The minimum atomic E-state index is -4.57. The van der Waals surface area contributed by atoms with Gasteiger partial charge in [0.2, 0.25) is 5.91 Å². The minimum Gasteiger partial charge on any atom is -0.493 e. The van der Waals surface area contributed by atoms with Crippen LogP contribution >= 0.6 is 0 Å². The number of nitrogens with one attached hydrogen (secondary N) is 1. The summed E-state index contributed by atoms with van der Waals surface area (Å²) in [6, 6.07) is 8.12. The van der Waals surface area contributed by atoms with E-state index in [-0.39, 0.29) is 12.1 Å². The fourth-order valence-corrected chi connectivity index (χ4v) is 3.51. The summed E-state index contributed by atoms with van der Waals surface area (Å²) >= 11 is 0. The molecule has 1 aliphatic rings. The monoisotopic (exact) mass is 394 g/mol. The average molecular weight is 394 g/mol. The van der Waals surface area contributed by atoms with Crippen LogP contribution in [-0.2, 0) is 4.79 Å². The van der Waals surface area contributed by atoms with Gasteiger partial charge in [-0.05, 0) is 37.3 Å². The summed E-state index contributed by atoms with van der Waals surface area (Å²) in [4.78, 5) is 12.1. The van der Waals surface area contributed by atoms with Crippen LogP contribution in [0.15, 0.2) is 36.4 Å². The maximum atomic E-state index is 14.2. The third kappa shape index (κ3) is 3.94. The Bertz CT molecular complexity index is 859. The van der Waals surface area contributed by atoms with Crippen LogP contribution in [0.5, 0.6) is 5.75 Å². The molecular weight excluding hydrogens is 369 g/mol. The van der Waals surface area contributed by atoms with Crippen molar-refractivity contribution < 1.29 is 22.7 Å². The lowest BCUT2D eigenvalue weighted by Crippen LogP contribution is -2.43. The number of hydrazine groups is 1. The van der Waals surface area contributed by atoms with E-state index in [2.05, 4.69) is 5.43 Å². The predicted octanol–water partition coefficient (Wildman–Crippen LogP) is 5.00. The molecule has 2 aromatic carbocycles. The summed E-state index contributed by atoms with van der Waals surface area (Å²) in [5.74, 6) is 0.0157. The van der Waals surface area contributed by atoms with Gasteiger partial charge < -0.3 is 4.74 Å². The van der Waals surface area contributed by atoms with Gasteiger partial charge >= 0.3 is 6.18 Å². The van der Waals surface area contributed by atoms with Crippen molar-refractivity contribution >= 4 is 16.7 Å². The smallest absolute Gasteiger partial charge is 0.409 e. The molecule has 7 heteroatoms. The van der Waals surface area contributed by atoms with Crippen molar-refractivity contribution in [3.8, 4) is 5.75 Å². The van der Waals surface area contributed by atoms with E-state index in [1.807, 2.05) is 6.92 Å². The molecule has 1 saturated heterocycles. The fourth-order valence-electron chi connectivity index (χ4n) is 3.51. The van der Waals surface area contributed by atoms with Crippen molar-refractivity contribution in [2.24, 2.45) is 5.41 Å².